The Hall–Kier alpha value is -3.80. The van der Waals surface area contributed by atoms with Gasteiger partial charge in [-0.05, 0) is 62.4 Å². The van der Waals surface area contributed by atoms with E-state index in [0.717, 1.165) is 32.9 Å². The minimum atomic E-state index is -0.528. The van der Waals surface area contributed by atoms with E-state index in [0.29, 0.717) is 21.9 Å². The Balaban J connectivity index is 1.59. The molecule has 0 spiro atoms. The van der Waals surface area contributed by atoms with Gasteiger partial charge in [-0.25, -0.2) is 0 Å². The highest BCUT2D eigenvalue weighted by molar-refractivity contribution is 8.03. The van der Waals surface area contributed by atoms with Crippen LogP contribution in [-0.2, 0) is 9.59 Å². The van der Waals surface area contributed by atoms with Crippen LogP contribution in [0.25, 0.3) is 0 Å². The van der Waals surface area contributed by atoms with Gasteiger partial charge in [0.05, 0.1) is 28.3 Å². The highest BCUT2D eigenvalue weighted by atomic mass is 32.2. The van der Waals surface area contributed by atoms with Crippen molar-refractivity contribution in [3.63, 3.8) is 0 Å². The average molecular weight is 529 g/mol. The van der Waals surface area contributed by atoms with E-state index in [1.54, 1.807) is 0 Å². The maximum atomic E-state index is 13.5. The maximum absolute atomic E-state index is 13.5. The third kappa shape index (κ3) is 5.96. The molecule has 188 valence electrons. The molecule has 0 saturated heterocycles. The molecule has 1 atom stereocenters. The van der Waals surface area contributed by atoms with Crippen molar-refractivity contribution >= 4 is 46.3 Å². The SMILES string of the molecule is CC1=C(C(=O)Nc2ccccc2C)C(c2cccs2)C(C#N)=C(SCC(=O)Nc2ccc(C)cc2C)N1. The number of carbonyl (C=O) groups is 2. The molecule has 0 fully saturated rings. The van der Waals surface area contributed by atoms with Crippen LogP contribution in [0.4, 0.5) is 11.4 Å². The number of amides is 2. The zero-order valence-electron chi connectivity index (χ0n) is 21.1. The second kappa shape index (κ2) is 11.5. The molecule has 2 aromatic carbocycles. The molecule has 1 aliphatic rings. The van der Waals surface area contributed by atoms with Gasteiger partial charge in [-0.15, -0.1) is 11.3 Å². The Morgan fingerprint density at radius 2 is 1.76 bits per heavy atom. The first-order chi connectivity index (χ1) is 17.8. The first-order valence-corrected chi connectivity index (χ1v) is 13.7. The number of nitriles is 1. The molecule has 2 amide bonds. The molecule has 8 heteroatoms. The zero-order valence-corrected chi connectivity index (χ0v) is 22.8. The fourth-order valence-electron chi connectivity index (χ4n) is 4.25. The lowest BCUT2D eigenvalue weighted by molar-refractivity contribution is -0.114. The quantitative estimate of drug-likeness (QED) is 0.331. The van der Waals surface area contributed by atoms with Gasteiger partial charge in [-0.2, -0.15) is 5.26 Å². The van der Waals surface area contributed by atoms with Crippen LogP contribution in [0.15, 0.2) is 81.8 Å². The van der Waals surface area contributed by atoms with Crippen molar-refractivity contribution in [1.82, 2.24) is 5.32 Å². The standard InChI is InChI=1S/C29H28N4O2S2/c1-17-11-12-23(19(3)14-17)32-25(34)16-37-29-21(15-30)27(24-10-7-13-36-24)26(20(4)31-29)28(35)33-22-9-6-5-8-18(22)2/h5-14,27,31H,16H2,1-4H3,(H,32,34)(H,33,35). The summed E-state index contributed by atoms with van der Waals surface area (Å²) >= 11 is 2.76. The predicted molar refractivity (Wildman–Crippen MR) is 152 cm³/mol. The molecule has 1 aromatic heterocycles. The summed E-state index contributed by atoms with van der Waals surface area (Å²) in [5.41, 5.74) is 6.14. The molecule has 0 bridgehead atoms. The maximum Gasteiger partial charge on any atom is 0.254 e. The lowest BCUT2D eigenvalue weighted by Gasteiger charge is -2.29. The number of carbonyl (C=O) groups excluding carboxylic acids is 2. The van der Waals surface area contributed by atoms with Crippen molar-refractivity contribution in [2.24, 2.45) is 0 Å². The van der Waals surface area contributed by atoms with Crippen LogP contribution in [0.2, 0.25) is 0 Å². The zero-order chi connectivity index (χ0) is 26.5. The summed E-state index contributed by atoms with van der Waals surface area (Å²) in [6.45, 7) is 7.73. The van der Waals surface area contributed by atoms with E-state index in [-0.39, 0.29) is 17.6 Å². The molecule has 1 unspecified atom stereocenters. The molecule has 37 heavy (non-hydrogen) atoms. The number of hydrogen-bond donors (Lipinski definition) is 3. The largest absolute Gasteiger partial charge is 0.353 e. The van der Waals surface area contributed by atoms with Crippen molar-refractivity contribution in [2.75, 3.05) is 16.4 Å². The van der Waals surface area contributed by atoms with Crippen LogP contribution in [0, 0.1) is 32.1 Å². The number of rotatable bonds is 7. The molecule has 2 heterocycles. The number of nitrogens with one attached hydrogen (secondary N) is 3. The number of hydrogen-bond acceptors (Lipinski definition) is 6. The van der Waals surface area contributed by atoms with Gasteiger partial charge in [-0.1, -0.05) is 53.7 Å². The summed E-state index contributed by atoms with van der Waals surface area (Å²) in [5.74, 6) is -0.834. The number of anilines is 2. The van der Waals surface area contributed by atoms with Crippen molar-refractivity contribution in [1.29, 1.82) is 5.26 Å². The van der Waals surface area contributed by atoms with E-state index in [2.05, 4.69) is 22.0 Å². The van der Waals surface area contributed by atoms with Crippen LogP contribution >= 0.6 is 23.1 Å². The smallest absolute Gasteiger partial charge is 0.254 e. The Morgan fingerprint density at radius 3 is 2.43 bits per heavy atom. The van der Waals surface area contributed by atoms with E-state index >= 15 is 0 Å². The fraction of sp³-hybridized carbons (Fsp3) is 0.207. The second-order valence-corrected chi connectivity index (χ2v) is 10.9. The number of thioether (sulfide) groups is 1. The molecule has 3 aromatic rings. The van der Waals surface area contributed by atoms with Crippen molar-refractivity contribution in [2.45, 2.75) is 33.6 Å². The number of para-hydroxylation sites is 1. The number of dihydropyridines is 1. The van der Waals surface area contributed by atoms with Crippen LogP contribution in [0.3, 0.4) is 0 Å². The summed E-state index contributed by atoms with van der Waals surface area (Å²) in [4.78, 5) is 27.2. The third-order valence-electron chi connectivity index (χ3n) is 6.12. The van der Waals surface area contributed by atoms with Gasteiger partial charge >= 0.3 is 0 Å². The molecule has 6 nitrogen and oxygen atoms in total. The van der Waals surface area contributed by atoms with Gasteiger partial charge in [0.1, 0.15) is 0 Å². The lowest BCUT2D eigenvalue weighted by Crippen LogP contribution is -2.31. The van der Waals surface area contributed by atoms with E-state index in [1.165, 1.54) is 23.1 Å². The van der Waals surface area contributed by atoms with Gasteiger partial charge in [0.25, 0.3) is 5.91 Å². The number of thiophene rings is 1. The Morgan fingerprint density at radius 1 is 1.00 bits per heavy atom. The topological polar surface area (TPSA) is 94.0 Å². The number of nitrogens with zero attached hydrogens (tertiary/aromatic N) is 1. The summed E-state index contributed by atoms with van der Waals surface area (Å²) in [6.07, 6.45) is 0. The van der Waals surface area contributed by atoms with Gasteiger partial charge in [0.2, 0.25) is 5.91 Å². The first kappa shape index (κ1) is 26.3. The van der Waals surface area contributed by atoms with Crippen LogP contribution in [0.1, 0.15) is 34.4 Å². The van der Waals surface area contributed by atoms with Crippen LogP contribution in [-0.4, -0.2) is 17.6 Å². The van der Waals surface area contributed by atoms with Crippen molar-refractivity contribution in [3.05, 3.63) is 103 Å². The predicted octanol–water partition coefficient (Wildman–Crippen LogP) is 6.38. The van der Waals surface area contributed by atoms with Crippen LogP contribution in [0.5, 0.6) is 0 Å². The lowest BCUT2D eigenvalue weighted by atomic mass is 9.86. The van der Waals surface area contributed by atoms with Gasteiger partial charge in [-0.3, -0.25) is 9.59 Å². The van der Waals surface area contributed by atoms with Gasteiger partial charge in [0, 0.05) is 27.5 Å². The molecule has 4 rings (SSSR count). The fourth-order valence-corrected chi connectivity index (χ4v) is 5.98. The number of benzene rings is 2. The number of allylic oxidation sites excluding steroid dienone is 2. The Bertz CT molecular complexity index is 1450. The summed E-state index contributed by atoms with van der Waals surface area (Å²) in [5, 5.41) is 21.9. The third-order valence-corrected chi connectivity index (χ3v) is 8.07. The Labute approximate surface area is 225 Å². The van der Waals surface area contributed by atoms with E-state index in [4.69, 9.17) is 0 Å². The van der Waals surface area contributed by atoms with E-state index < -0.39 is 5.92 Å². The van der Waals surface area contributed by atoms with Crippen LogP contribution < -0.4 is 16.0 Å². The molecular formula is C29H28N4O2S2. The average Bonchev–Trinajstić information content (AvgIpc) is 3.40. The minimum Gasteiger partial charge on any atom is -0.353 e. The van der Waals surface area contributed by atoms with Gasteiger partial charge < -0.3 is 16.0 Å². The van der Waals surface area contributed by atoms with E-state index in [1.807, 2.05) is 87.7 Å². The molecule has 0 saturated carbocycles. The highest BCUT2D eigenvalue weighted by Crippen LogP contribution is 2.42. The van der Waals surface area contributed by atoms with E-state index in [9.17, 15) is 14.9 Å². The number of aryl methyl sites for hydroxylation is 3. The molecule has 3 N–H and O–H groups in total. The summed E-state index contributed by atoms with van der Waals surface area (Å²) in [6, 6.07) is 19.6. The first-order valence-electron chi connectivity index (χ1n) is 11.8. The molecule has 0 aliphatic carbocycles. The summed E-state index contributed by atoms with van der Waals surface area (Å²) in [7, 11) is 0. The molecule has 0 radical (unpaired) electrons. The minimum absolute atomic E-state index is 0.121. The molecule has 1 aliphatic heterocycles. The highest BCUT2D eigenvalue weighted by Gasteiger charge is 2.35. The van der Waals surface area contributed by atoms with Crippen molar-refractivity contribution < 1.29 is 9.59 Å². The van der Waals surface area contributed by atoms with Gasteiger partial charge in [0.15, 0.2) is 0 Å². The Kier molecular flexibility index (Phi) is 8.17. The summed E-state index contributed by atoms with van der Waals surface area (Å²) < 4.78 is 0. The second-order valence-electron chi connectivity index (χ2n) is 8.89. The monoisotopic (exact) mass is 528 g/mol. The molecular weight excluding hydrogens is 500 g/mol. The van der Waals surface area contributed by atoms with Crippen molar-refractivity contribution in [3.8, 4) is 6.07 Å². The normalized spacial score (nSPS) is 15.2.